The molecule has 0 fully saturated rings. The topological polar surface area (TPSA) is 38.9 Å². The predicted molar refractivity (Wildman–Crippen MR) is 62.4 cm³/mol. The van der Waals surface area contributed by atoms with Crippen LogP contribution in [0.25, 0.3) is 0 Å². The van der Waals surface area contributed by atoms with Crippen molar-refractivity contribution in [3.63, 3.8) is 0 Å². The first kappa shape index (κ1) is 11.5. The van der Waals surface area contributed by atoms with Gasteiger partial charge in [0.2, 0.25) is 0 Å². The maximum absolute atomic E-state index is 5.54. The molecule has 1 heterocycles. The SMILES string of the molecule is Cc1cc(CN)cnc1SCC(C)C. The number of nitrogens with two attached hydrogens (primary N) is 1. The minimum Gasteiger partial charge on any atom is -0.326 e. The van der Waals surface area contributed by atoms with Crippen molar-refractivity contribution in [1.29, 1.82) is 0 Å². The van der Waals surface area contributed by atoms with E-state index in [9.17, 15) is 0 Å². The lowest BCUT2D eigenvalue weighted by Crippen LogP contribution is -1.99. The van der Waals surface area contributed by atoms with Crippen molar-refractivity contribution < 1.29 is 0 Å². The maximum Gasteiger partial charge on any atom is 0.0989 e. The average molecular weight is 210 g/mol. The van der Waals surface area contributed by atoms with Crippen LogP contribution in [0.15, 0.2) is 17.3 Å². The van der Waals surface area contributed by atoms with E-state index in [1.165, 1.54) is 5.56 Å². The number of hydrogen-bond acceptors (Lipinski definition) is 3. The van der Waals surface area contributed by atoms with E-state index in [0.717, 1.165) is 16.3 Å². The van der Waals surface area contributed by atoms with Crippen LogP contribution in [0, 0.1) is 12.8 Å². The van der Waals surface area contributed by atoms with Crippen LogP contribution in [-0.2, 0) is 6.54 Å². The molecule has 3 heteroatoms. The fraction of sp³-hybridized carbons (Fsp3) is 0.545. The summed E-state index contributed by atoms with van der Waals surface area (Å²) in [4.78, 5) is 4.40. The Morgan fingerprint density at radius 3 is 2.71 bits per heavy atom. The Hall–Kier alpha value is -0.540. The Morgan fingerprint density at radius 2 is 2.21 bits per heavy atom. The van der Waals surface area contributed by atoms with Crippen LogP contribution in [0.4, 0.5) is 0 Å². The Bertz CT molecular complexity index is 297. The summed E-state index contributed by atoms with van der Waals surface area (Å²) in [6.07, 6.45) is 1.87. The second-order valence-electron chi connectivity index (χ2n) is 3.87. The van der Waals surface area contributed by atoms with Crippen molar-refractivity contribution in [2.45, 2.75) is 32.3 Å². The summed E-state index contributed by atoms with van der Waals surface area (Å²) in [5, 5.41) is 1.14. The van der Waals surface area contributed by atoms with E-state index in [1.54, 1.807) is 0 Å². The quantitative estimate of drug-likeness (QED) is 0.776. The first-order chi connectivity index (χ1) is 6.63. The summed E-state index contributed by atoms with van der Waals surface area (Å²) in [6, 6.07) is 2.12. The number of aryl methyl sites for hydroxylation is 1. The second kappa shape index (κ2) is 5.37. The fourth-order valence-corrected chi connectivity index (χ4v) is 2.03. The lowest BCUT2D eigenvalue weighted by atomic mass is 10.2. The van der Waals surface area contributed by atoms with Gasteiger partial charge in [-0.2, -0.15) is 0 Å². The average Bonchev–Trinajstić information content (AvgIpc) is 2.15. The highest BCUT2D eigenvalue weighted by Gasteiger charge is 2.03. The highest BCUT2D eigenvalue weighted by atomic mass is 32.2. The summed E-state index contributed by atoms with van der Waals surface area (Å²) in [6.45, 7) is 7.10. The van der Waals surface area contributed by atoms with Crippen molar-refractivity contribution in [2.75, 3.05) is 5.75 Å². The van der Waals surface area contributed by atoms with Crippen molar-refractivity contribution in [1.82, 2.24) is 4.98 Å². The number of thioether (sulfide) groups is 1. The van der Waals surface area contributed by atoms with E-state index in [2.05, 4.69) is 31.8 Å². The minimum atomic E-state index is 0.572. The molecule has 0 amide bonds. The number of pyridine rings is 1. The Labute approximate surface area is 90.3 Å². The van der Waals surface area contributed by atoms with E-state index < -0.39 is 0 Å². The molecule has 1 aromatic heterocycles. The lowest BCUT2D eigenvalue weighted by molar-refractivity contribution is 0.749. The summed E-state index contributed by atoms with van der Waals surface area (Å²) >= 11 is 1.82. The third-order valence-corrected chi connectivity index (χ3v) is 3.41. The molecule has 0 aromatic carbocycles. The third kappa shape index (κ3) is 3.31. The van der Waals surface area contributed by atoms with Crippen LogP contribution in [0.2, 0.25) is 0 Å². The van der Waals surface area contributed by atoms with Crippen molar-refractivity contribution in [2.24, 2.45) is 11.7 Å². The molecule has 2 N–H and O–H groups in total. The molecule has 0 unspecified atom stereocenters. The fourth-order valence-electron chi connectivity index (χ4n) is 1.13. The molecule has 2 nitrogen and oxygen atoms in total. The van der Waals surface area contributed by atoms with Gasteiger partial charge in [0.15, 0.2) is 0 Å². The monoisotopic (exact) mass is 210 g/mol. The van der Waals surface area contributed by atoms with Crippen LogP contribution in [0.1, 0.15) is 25.0 Å². The molecular formula is C11H18N2S. The predicted octanol–water partition coefficient (Wildman–Crippen LogP) is 2.60. The van der Waals surface area contributed by atoms with Gasteiger partial charge in [0.25, 0.3) is 0 Å². The Balaban J connectivity index is 2.69. The smallest absolute Gasteiger partial charge is 0.0989 e. The molecule has 0 aliphatic rings. The highest BCUT2D eigenvalue weighted by molar-refractivity contribution is 7.99. The van der Waals surface area contributed by atoms with Crippen LogP contribution >= 0.6 is 11.8 Å². The van der Waals surface area contributed by atoms with E-state index in [1.807, 2.05) is 18.0 Å². The van der Waals surface area contributed by atoms with Crippen molar-refractivity contribution >= 4 is 11.8 Å². The Kier molecular flexibility index (Phi) is 4.42. The maximum atomic E-state index is 5.54. The summed E-state index contributed by atoms with van der Waals surface area (Å²) in [5.74, 6) is 1.82. The van der Waals surface area contributed by atoms with Gasteiger partial charge in [-0.05, 0) is 24.0 Å². The molecule has 78 valence electrons. The molecule has 0 aliphatic heterocycles. The number of hydrogen-bond donors (Lipinski definition) is 1. The molecule has 14 heavy (non-hydrogen) atoms. The van der Waals surface area contributed by atoms with Crippen LogP contribution in [0.3, 0.4) is 0 Å². The summed E-state index contributed by atoms with van der Waals surface area (Å²) in [7, 11) is 0. The standard InChI is InChI=1S/C11H18N2S/c1-8(2)7-14-11-9(3)4-10(5-12)6-13-11/h4,6,8H,5,7,12H2,1-3H3. The zero-order valence-corrected chi connectivity index (χ0v) is 9.90. The van der Waals surface area contributed by atoms with Gasteiger partial charge < -0.3 is 5.73 Å². The molecule has 0 radical (unpaired) electrons. The van der Waals surface area contributed by atoms with Gasteiger partial charge in [-0.1, -0.05) is 19.9 Å². The van der Waals surface area contributed by atoms with Crippen LogP contribution in [-0.4, -0.2) is 10.7 Å². The zero-order chi connectivity index (χ0) is 10.6. The van der Waals surface area contributed by atoms with Gasteiger partial charge in [0.05, 0.1) is 5.03 Å². The van der Waals surface area contributed by atoms with Gasteiger partial charge in [-0.3, -0.25) is 0 Å². The second-order valence-corrected chi connectivity index (χ2v) is 4.88. The minimum absolute atomic E-state index is 0.572. The molecule has 0 aliphatic carbocycles. The molecule has 1 rings (SSSR count). The normalized spacial score (nSPS) is 10.9. The van der Waals surface area contributed by atoms with Gasteiger partial charge >= 0.3 is 0 Å². The van der Waals surface area contributed by atoms with Crippen LogP contribution < -0.4 is 5.73 Å². The highest BCUT2D eigenvalue weighted by Crippen LogP contribution is 2.22. The largest absolute Gasteiger partial charge is 0.326 e. The van der Waals surface area contributed by atoms with Gasteiger partial charge in [-0.25, -0.2) is 4.98 Å². The van der Waals surface area contributed by atoms with Gasteiger partial charge in [0.1, 0.15) is 0 Å². The number of nitrogens with zero attached hydrogens (tertiary/aromatic N) is 1. The molecule has 0 saturated heterocycles. The molecule has 1 aromatic rings. The lowest BCUT2D eigenvalue weighted by Gasteiger charge is -2.07. The van der Waals surface area contributed by atoms with Crippen molar-refractivity contribution in [3.8, 4) is 0 Å². The van der Waals surface area contributed by atoms with E-state index in [0.29, 0.717) is 12.5 Å². The molecule has 0 saturated carbocycles. The zero-order valence-electron chi connectivity index (χ0n) is 9.08. The molecular weight excluding hydrogens is 192 g/mol. The first-order valence-corrected chi connectivity index (χ1v) is 5.90. The van der Waals surface area contributed by atoms with Crippen LogP contribution in [0.5, 0.6) is 0 Å². The summed E-state index contributed by atoms with van der Waals surface area (Å²) in [5.41, 5.74) is 7.89. The van der Waals surface area contributed by atoms with Crippen molar-refractivity contribution in [3.05, 3.63) is 23.4 Å². The molecule has 0 spiro atoms. The number of rotatable bonds is 4. The van der Waals surface area contributed by atoms with Gasteiger partial charge in [0, 0.05) is 18.5 Å². The summed E-state index contributed by atoms with van der Waals surface area (Å²) < 4.78 is 0. The molecule has 0 bridgehead atoms. The van der Waals surface area contributed by atoms with E-state index in [4.69, 9.17) is 5.73 Å². The third-order valence-electron chi connectivity index (χ3n) is 1.88. The molecule has 0 atom stereocenters. The first-order valence-electron chi connectivity index (χ1n) is 4.92. The van der Waals surface area contributed by atoms with E-state index in [-0.39, 0.29) is 0 Å². The number of aromatic nitrogens is 1. The Morgan fingerprint density at radius 1 is 1.50 bits per heavy atom. The van der Waals surface area contributed by atoms with E-state index >= 15 is 0 Å². The van der Waals surface area contributed by atoms with Gasteiger partial charge in [-0.15, -0.1) is 11.8 Å².